The molecule has 2 aromatic rings. The molecule has 0 bridgehead atoms. The maximum atomic E-state index is 13.1. The molecule has 2 nitrogen and oxygen atoms in total. The van der Waals surface area contributed by atoms with Crippen LogP contribution in [-0.2, 0) is 4.74 Å². The van der Waals surface area contributed by atoms with Crippen LogP contribution in [0.1, 0.15) is 11.1 Å². The largest absolute Gasteiger partial charge is 0.456 e. The maximum Gasteiger partial charge on any atom is 0.138 e. The first-order valence-electron chi connectivity index (χ1n) is 6.88. The number of hydrogen-bond acceptors (Lipinski definition) is 2. The van der Waals surface area contributed by atoms with E-state index in [0.29, 0.717) is 17.1 Å². The van der Waals surface area contributed by atoms with E-state index in [2.05, 4.69) is 0 Å². The zero-order valence-corrected chi connectivity index (χ0v) is 12.0. The first-order valence-corrected chi connectivity index (χ1v) is 6.88. The lowest BCUT2D eigenvalue weighted by molar-refractivity contribution is 0.398. The highest BCUT2D eigenvalue weighted by molar-refractivity contribution is 5.85. The summed E-state index contributed by atoms with van der Waals surface area (Å²) in [6.07, 6.45) is 4.75. The Balaban J connectivity index is 2.05. The van der Waals surface area contributed by atoms with Crippen molar-refractivity contribution in [2.45, 2.75) is 0 Å². The first-order chi connectivity index (χ1) is 11.2. The molecule has 1 aliphatic rings. The Morgan fingerprint density at radius 3 is 1.96 bits per heavy atom. The summed E-state index contributed by atoms with van der Waals surface area (Å²) in [5, 5.41) is 8.85. The molecule has 0 atom stereocenters. The molecular weight excluding hydrogens is 296 g/mol. The molecule has 0 aromatic heterocycles. The van der Waals surface area contributed by atoms with E-state index in [1.165, 1.54) is 30.3 Å². The molecule has 0 radical (unpaired) electrons. The van der Waals surface area contributed by atoms with Crippen LogP contribution >= 0.6 is 0 Å². The van der Waals surface area contributed by atoms with Gasteiger partial charge in [0.15, 0.2) is 0 Å². The van der Waals surface area contributed by atoms with Crippen LogP contribution in [0.15, 0.2) is 72.5 Å². The number of benzene rings is 2. The summed E-state index contributed by atoms with van der Waals surface area (Å²) in [7, 11) is 0. The zero-order chi connectivity index (χ0) is 16.2. The van der Waals surface area contributed by atoms with Gasteiger partial charge in [0.1, 0.15) is 23.2 Å². The molecule has 3 rings (SSSR count). The third kappa shape index (κ3) is 3.35. The van der Waals surface area contributed by atoms with E-state index in [9.17, 15) is 8.78 Å². The Morgan fingerprint density at radius 1 is 0.826 bits per heavy atom. The van der Waals surface area contributed by atoms with Crippen LogP contribution in [0.3, 0.4) is 0 Å². The molecule has 4 heteroatoms. The Hall–Kier alpha value is -3.19. The summed E-state index contributed by atoms with van der Waals surface area (Å²) in [5.74, 6) is 0.200. The topological polar surface area (TPSA) is 33.0 Å². The van der Waals surface area contributed by atoms with E-state index >= 15 is 0 Å². The van der Waals surface area contributed by atoms with Gasteiger partial charge in [-0.05, 0) is 59.7 Å². The number of nitrogens with zero attached hydrogens (tertiary/aromatic N) is 1. The van der Waals surface area contributed by atoms with Crippen molar-refractivity contribution in [3.05, 3.63) is 95.3 Å². The molecule has 1 aliphatic heterocycles. The lowest BCUT2D eigenvalue weighted by Crippen LogP contribution is -1.99. The number of halogens is 2. The second-order valence-electron chi connectivity index (χ2n) is 4.90. The Kier molecular flexibility index (Phi) is 4.03. The van der Waals surface area contributed by atoms with Gasteiger partial charge in [-0.25, -0.2) is 8.78 Å². The summed E-state index contributed by atoms with van der Waals surface area (Å²) < 4.78 is 31.8. The number of ether oxygens (including phenoxy) is 1. The van der Waals surface area contributed by atoms with Gasteiger partial charge in [-0.15, -0.1) is 0 Å². The first kappa shape index (κ1) is 14.7. The van der Waals surface area contributed by atoms with Gasteiger partial charge in [0.05, 0.1) is 12.1 Å². The molecule has 0 amide bonds. The van der Waals surface area contributed by atoms with Gasteiger partial charge in [0.25, 0.3) is 0 Å². The Bertz CT molecular complexity index is 854. The van der Waals surface area contributed by atoms with Gasteiger partial charge < -0.3 is 4.74 Å². The molecule has 0 fully saturated rings. The lowest BCUT2D eigenvalue weighted by Gasteiger charge is -2.17. The molecule has 112 valence electrons. The molecular formula is C19H11F2NO. The van der Waals surface area contributed by atoms with Crippen molar-refractivity contribution in [2.24, 2.45) is 0 Å². The third-order valence-corrected chi connectivity index (χ3v) is 3.33. The van der Waals surface area contributed by atoms with Crippen LogP contribution in [0.4, 0.5) is 8.78 Å². The molecule has 0 saturated heterocycles. The second-order valence-corrected chi connectivity index (χ2v) is 4.90. The van der Waals surface area contributed by atoms with E-state index in [1.54, 1.807) is 36.4 Å². The minimum Gasteiger partial charge on any atom is -0.456 e. The predicted octanol–water partition coefficient (Wildman–Crippen LogP) is 4.83. The summed E-state index contributed by atoms with van der Waals surface area (Å²) in [6, 6.07) is 13.8. The van der Waals surface area contributed by atoms with Crippen molar-refractivity contribution in [3.63, 3.8) is 0 Å². The van der Waals surface area contributed by atoms with Crippen molar-refractivity contribution in [3.8, 4) is 6.07 Å². The standard InChI is InChI=1S/C19H11F2NO/c20-16-5-1-13(2-6-16)15-11-18(9-10-22)23-19(12-15)14-3-7-17(21)8-4-14/h1-9,11-12H/b18-9+. The molecule has 1 heterocycles. The predicted molar refractivity (Wildman–Crippen MR) is 83.5 cm³/mol. The normalized spacial score (nSPS) is 15.4. The summed E-state index contributed by atoms with van der Waals surface area (Å²) in [6.45, 7) is 0. The van der Waals surface area contributed by atoms with Crippen LogP contribution in [0.2, 0.25) is 0 Å². The molecule has 0 spiro atoms. The highest BCUT2D eigenvalue weighted by Crippen LogP contribution is 2.31. The van der Waals surface area contributed by atoms with E-state index in [-0.39, 0.29) is 11.6 Å². The van der Waals surface area contributed by atoms with E-state index in [4.69, 9.17) is 10.00 Å². The maximum absolute atomic E-state index is 13.1. The van der Waals surface area contributed by atoms with Crippen LogP contribution in [0, 0.1) is 23.0 Å². The van der Waals surface area contributed by atoms with Gasteiger partial charge in [0, 0.05) is 5.56 Å². The minimum absolute atomic E-state index is 0.322. The lowest BCUT2D eigenvalue weighted by atomic mass is 10.0. The average molecular weight is 307 g/mol. The third-order valence-electron chi connectivity index (χ3n) is 3.33. The smallest absolute Gasteiger partial charge is 0.138 e. The van der Waals surface area contributed by atoms with Gasteiger partial charge >= 0.3 is 0 Å². The Labute approximate surface area is 132 Å². The highest BCUT2D eigenvalue weighted by atomic mass is 19.1. The molecule has 0 unspecified atom stereocenters. The fraction of sp³-hybridized carbons (Fsp3) is 0. The summed E-state index contributed by atoms with van der Waals surface area (Å²) in [4.78, 5) is 0. The van der Waals surface area contributed by atoms with Crippen LogP contribution < -0.4 is 0 Å². The van der Waals surface area contributed by atoms with Crippen molar-refractivity contribution in [1.82, 2.24) is 0 Å². The van der Waals surface area contributed by atoms with Gasteiger partial charge in [-0.3, -0.25) is 0 Å². The second kappa shape index (κ2) is 6.29. The average Bonchev–Trinajstić information content (AvgIpc) is 2.56. The Morgan fingerprint density at radius 2 is 1.39 bits per heavy atom. The molecule has 0 aliphatic carbocycles. The van der Waals surface area contributed by atoms with E-state index in [1.807, 2.05) is 6.07 Å². The number of hydrogen-bond donors (Lipinski definition) is 0. The summed E-state index contributed by atoms with van der Waals surface area (Å²) in [5.41, 5.74) is 2.25. The number of nitriles is 1. The molecule has 2 aromatic carbocycles. The number of rotatable bonds is 2. The van der Waals surface area contributed by atoms with Crippen molar-refractivity contribution < 1.29 is 13.5 Å². The fourth-order valence-corrected chi connectivity index (χ4v) is 2.22. The van der Waals surface area contributed by atoms with Gasteiger partial charge in [-0.2, -0.15) is 5.26 Å². The highest BCUT2D eigenvalue weighted by Gasteiger charge is 2.14. The minimum atomic E-state index is -0.341. The SMILES string of the molecule is N#C/C=C1\C=C(c2ccc(F)cc2)C=C(c2ccc(F)cc2)O1. The van der Waals surface area contributed by atoms with Crippen LogP contribution in [0.5, 0.6) is 0 Å². The zero-order valence-electron chi connectivity index (χ0n) is 12.0. The molecule has 23 heavy (non-hydrogen) atoms. The van der Waals surface area contributed by atoms with Crippen LogP contribution in [-0.4, -0.2) is 0 Å². The molecule has 0 saturated carbocycles. The van der Waals surface area contributed by atoms with Crippen molar-refractivity contribution in [2.75, 3.05) is 0 Å². The van der Waals surface area contributed by atoms with Crippen molar-refractivity contribution >= 4 is 11.3 Å². The van der Waals surface area contributed by atoms with Crippen molar-refractivity contribution in [1.29, 1.82) is 5.26 Å². The monoisotopic (exact) mass is 307 g/mol. The van der Waals surface area contributed by atoms with Crippen LogP contribution in [0.25, 0.3) is 11.3 Å². The van der Waals surface area contributed by atoms with Gasteiger partial charge in [-0.1, -0.05) is 12.1 Å². The van der Waals surface area contributed by atoms with Gasteiger partial charge in [0.2, 0.25) is 0 Å². The quantitative estimate of drug-likeness (QED) is 0.745. The van der Waals surface area contributed by atoms with E-state index in [0.717, 1.165) is 11.1 Å². The number of allylic oxidation sites excluding steroid dienone is 4. The van der Waals surface area contributed by atoms with E-state index < -0.39 is 0 Å². The fourth-order valence-electron chi connectivity index (χ4n) is 2.22. The summed E-state index contributed by atoms with van der Waals surface area (Å²) >= 11 is 0. The molecule has 0 N–H and O–H groups in total.